The van der Waals surface area contributed by atoms with E-state index in [4.69, 9.17) is 16.3 Å². The van der Waals surface area contributed by atoms with E-state index in [-0.39, 0.29) is 36.2 Å². The van der Waals surface area contributed by atoms with Crippen LogP contribution in [-0.4, -0.2) is 35.7 Å². The molecule has 1 fully saturated rings. The van der Waals surface area contributed by atoms with Crippen LogP contribution in [0.4, 0.5) is 4.79 Å². The van der Waals surface area contributed by atoms with Crippen molar-refractivity contribution in [3.8, 4) is 0 Å². The fourth-order valence-electron chi connectivity index (χ4n) is 2.71. The van der Waals surface area contributed by atoms with E-state index in [9.17, 15) is 9.59 Å². The molecule has 0 unspecified atom stereocenters. The predicted molar refractivity (Wildman–Crippen MR) is 81.2 cm³/mol. The van der Waals surface area contributed by atoms with Crippen molar-refractivity contribution in [1.82, 2.24) is 4.90 Å². The van der Waals surface area contributed by atoms with Gasteiger partial charge in [0.05, 0.1) is 5.88 Å². The van der Waals surface area contributed by atoms with Gasteiger partial charge in [-0.1, -0.05) is 43.7 Å². The van der Waals surface area contributed by atoms with E-state index in [1.807, 2.05) is 37.3 Å². The summed E-state index contributed by atoms with van der Waals surface area (Å²) in [4.78, 5) is 25.5. The molecule has 0 aliphatic carbocycles. The van der Waals surface area contributed by atoms with Gasteiger partial charge in [-0.3, -0.25) is 4.79 Å². The molecule has 0 N–H and O–H groups in total. The molecule has 0 aromatic heterocycles. The number of nitrogens with zero attached hydrogens (tertiary/aromatic N) is 1. The summed E-state index contributed by atoms with van der Waals surface area (Å²) in [7, 11) is 0. The van der Waals surface area contributed by atoms with Crippen molar-refractivity contribution in [1.29, 1.82) is 0 Å². The summed E-state index contributed by atoms with van der Waals surface area (Å²) in [5.74, 6) is 0.0489. The van der Waals surface area contributed by atoms with Crippen LogP contribution in [0, 0.1) is 11.8 Å². The van der Waals surface area contributed by atoms with Gasteiger partial charge in [-0.2, -0.15) is 0 Å². The third-order valence-corrected chi connectivity index (χ3v) is 4.24. The Balaban J connectivity index is 1.90. The monoisotopic (exact) mass is 309 g/mol. The standard InChI is InChI=1S/C16H20ClNO3/c1-2-13-9-18(10-14(13)15(19)8-17)16(20)21-11-12-6-4-3-5-7-12/h3-7,13-14H,2,8-11H2,1H3/t13-,14-/m1/s1. The number of ketones is 1. The zero-order valence-electron chi connectivity index (χ0n) is 12.1. The minimum absolute atomic E-state index is 0.00801. The molecule has 114 valence electrons. The number of likely N-dealkylation sites (tertiary alicyclic amines) is 1. The molecule has 1 aliphatic heterocycles. The Labute approximate surface area is 130 Å². The Kier molecular flexibility index (Phi) is 5.62. The maximum atomic E-state index is 12.1. The number of carbonyl (C=O) groups excluding carboxylic acids is 2. The van der Waals surface area contributed by atoms with Crippen molar-refractivity contribution < 1.29 is 14.3 Å². The van der Waals surface area contributed by atoms with Gasteiger partial charge < -0.3 is 9.64 Å². The molecule has 5 heteroatoms. The quantitative estimate of drug-likeness (QED) is 0.785. The molecule has 1 amide bonds. The van der Waals surface area contributed by atoms with Crippen LogP contribution in [0.15, 0.2) is 30.3 Å². The predicted octanol–water partition coefficient (Wildman–Crippen LogP) is 3.09. The largest absolute Gasteiger partial charge is 0.445 e. The summed E-state index contributed by atoms with van der Waals surface area (Å²) >= 11 is 5.64. The molecule has 2 atom stereocenters. The molecule has 1 heterocycles. The zero-order chi connectivity index (χ0) is 15.2. The van der Waals surface area contributed by atoms with Gasteiger partial charge in [0.25, 0.3) is 0 Å². The molecule has 21 heavy (non-hydrogen) atoms. The summed E-state index contributed by atoms with van der Waals surface area (Å²) < 4.78 is 5.31. The van der Waals surface area contributed by atoms with Gasteiger partial charge in [-0.25, -0.2) is 4.79 Å². The molecule has 0 saturated carbocycles. The van der Waals surface area contributed by atoms with E-state index in [0.717, 1.165) is 12.0 Å². The SMILES string of the molecule is CC[C@@H]1CN(C(=O)OCc2ccccc2)C[C@H]1C(=O)CCl. The van der Waals surface area contributed by atoms with Crippen LogP contribution in [0.2, 0.25) is 0 Å². The number of amides is 1. The number of benzene rings is 1. The van der Waals surface area contributed by atoms with Crippen LogP contribution in [0.1, 0.15) is 18.9 Å². The molecule has 1 aromatic carbocycles. The van der Waals surface area contributed by atoms with Crippen LogP contribution in [0.3, 0.4) is 0 Å². The normalized spacial score (nSPS) is 21.3. The Hall–Kier alpha value is -1.55. The minimum Gasteiger partial charge on any atom is -0.445 e. The maximum Gasteiger partial charge on any atom is 0.410 e. The first-order valence-corrected chi connectivity index (χ1v) is 7.73. The van der Waals surface area contributed by atoms with Crippen molar-refractivity contribution in [2.45, 2.75) is 20.0 Å². The van der Waals surface area contributed by atoms with E-state index in [1.165, 1.54) is 0 Å². The molecular formula is C16H20ClNO3. The van der Waals surface area contributed by atoms with Crippen LogP contribution < -0.4 is 0 Å². The lowest BCUT2D eigenvalue weighted by atomic mass is 9.91. The number of hydrogen-bond acceptors (Lipinski definition) is 3. The second-order valence-corrected chi connectivity index (χ2v) is 5.59. The van der Waals surface area contributed by atoms with Gasteiger partial charge in [0.1, 0.15) is 6.61 Å². The molecule has 0 spiro atoms. The number of carbonyl (C=O) groups is 2. The first-order valence-electron chi connectivity index (χ1n) is 7.20. The highest BCUT2D eigenvalue weighted by atomic mass is 35.5. The van der Waals surface area contributed by atoms with E-state index >= 15 is 0 Å². The second kappa shape index (κ2) is 7.46. The number of halogens is 1. The Morgan fingerprint density at radius 2 is 2.00 bits per heavy atom. The topological polar surface area (TPSA) is 46.6 Å². The van der Waals surface area contributed by atoms with Crippen molar-refractivity contribution >= 4 is 23.5 Å². The fourth-order valence-corrected chi connectivity index (χ4v) is 2.91. The number of Topliss-reactive ketones (excluding diaryl/α,β-unsaturated/α-hetero) is 1. The van der Waals surface area contributed by atoms with Crippen molar-refractivity contribution in [2.24, 2.45) is 11.8 Å². The van der Waals surface area contributed by atoms with Gasteiger partial charge in [0.15, 0.2) is 5.78 Å². The molecular weight excluding hydrogens is 290 g/mol. The number of hydrogen-bond donors (Lipinski definition) is 0. The second-order valence-electron chi connectivity index (χ2n) is 5.32. The average molecular weight is 310 g/mol. The van der Waals surface area contributed by atoms with Gasteiger partial charge in [0, 0.05) is 19.0 Å². The maximum absolute atomic E-state index is 12.1. The Morgan fingerprint density at radius 1 is 1.29 bits per heavy atom. The van der Waals surface area contributed by atoms with Crippen LogP contribution in [-0.2, 0) is 16.1 Å². The summed E-state index contributed by atoms with van der Waals surface area (Å²) in [6, 6.07) is 9.54. The number of ether oxygens (including phenoxy) is 1. The zero-order valence-corrected chi connectivity index (χ0v) is 12.9. The van der Waals surface area contributed by atoms with Gasteiger partial charge in [-0.15, -0.1) is 11.6 Å². The van der Waals surface area contributed by atoms with Crippen LogP contribution >= 0.6 is 11.6 Å². The summed E-state index contributed by atoms with van der Waals surface area (Å²) in [6.45, 7) is 3.26. The smallest absolute Gasteiger partial charge is 0.410 e. The van der Waals surface area contributed by atoms with Gasteiger partial charge in [0.2, 0.25) is 0 Å². The molecule has 0 bridgehead atoms. The van der Waals surface area contributed by atoms with Crippen LogP contribution in [0.25, 0.3) is 0 Å². The minimum atomic E-state index is -0.359. The lowest BCUT2D eigenvalue weighted by molar-refractivity contribution is -0.121. The number of alkyl halides is 1. The summed E-state index contributed by atoms with van der Waals surface area (Å²) in [5, 5.41) is 0. The highest BCUT2D eigenvalue weighted by Gasteiger charge is 2.38. The highest BCUT2D eigenvalue weighted by molar-refractivity contribution is 6.28. The van der Waals surface area contributed by atoms with Crippen molar-refractivity contribution in [3.05, 3.63) is 35.9 Å². The molecule has 2 rings (SSSR count). The summed E-state index contributed by atoms with van der Waals surface area (Å²) in [6.07, 6.45) is 0.498. The fraction of sp³-hybridized carbons (Fsp3) is 0.500. The van der Waals surface area contributed by atoms with Crippen LogP contribution in [0.5, 0.6) is 0 Å². The molecule has 1 aliphatic rings. The van der Waals surface area contributed by atoms with Crippen molar-refractivity contribution in [2.75, 3.05) is 19.0 Å². The van der Waals surface area contributed by atoms with Crippen molar-refractivity contribution in [3.63, 3.8) is 0 Å². The average Bonchev–Trinajstić information content (AvgIpc) is 2.97. The highest BCUT2D eigenvalue weighted by Crippen LogP contribution is 2.27. The van der Waals surface area contributed by atoms with E-state index in [2.05, 4.69) is 0 Å². The molecule has 4 nitrogen and oxygen atoms in total. The lowest BCUT2D eigenvalue weighted by Gasteiger charge is -2.16. The lowest BCUT2D eigenvalue weighted by Crippen LogP contribution is -2.30. The molecule has 0 radical (unpaired) electrons. The van der Waals surface area contributed by atoms with E-state index in [0.29, 0.717) is 13.1 Å². The Morgan fingerprint density at radius 3 is 2.62 bits per heavy atom. The molecule has 1 aromatic rings. The third-order valence-electron chi connectivity index (χ3n) is 3.97. The first-order chi connectivity index (χ1) is 10.2. The first kappa shape index (κ1) is 15.8. The summed E-state index contributed by atoms with van der Waals surface area (Å²) in [5.41, 5.74) is 0.950. The third kappa shape index (κ3) is 3.97. The van der Waals surface area contributed by atoms with Gasteiger partial charge in [-0.05, 0) is 11.5 Å². The van der Waals surface area contributed by atoms with E-state index in [1.54, 1.807) is 4.90 Å². The van der Waals surface area contributed by atoms with Gasteiger partial charge >= 0.3 is 6.09 Å². The van der Waals surface area contributed by atoms with E-state index < -0.39 is 0 Å². The Bertz CT molecular complexity index is 492. The molecule has 1 saturated heterocycles. The number of rotatable bonds is 5.